The van der Waals surface area contributed by atoms with Gasteiger partial charge in [-0.25, -0.2) is 4.98 Å². The van der Waals surface area contributed by atoms with Crippen LogP contribution in [0.1, 0.15) is 47.0 Å². The van der Waals surface area contributed by atoms with Gasteiger partial charge in [-0.2, -0.15) is 5.10 Å². The van der Waals surface area contributed by atoms with Crippen LogP contribution in [-0.2, 0) is 11.3 Å². The molecule has 1 saturated heterocycles. The predicted octanol–water partition coefficient (Wildman–Crippen LogP) is 4.24. The SMILES string of the molecule is CCC1CCC(Cn2cnc3cc(-c4cn[nH]c4)ccc32)N1C(=O)C(C)(C)C. The Morgan fingerprint density at radius 1 is 1.21 bits per heavy atom. The van der Waals surface area contributed by atoms with Crippen molar-refractivity contribution in [2.75, 3.05) is 0 Å². The van der Waals surface area contributed by atoms with E-state index in [1.54, 1.807) is 0 Å². The number of H-pyrrole nitrogens is 1. The highest BCUT2D eigenvalue weighted by molar-refractivity contribution is 5.83. The number of carbonyl (C=O) groups excluding carboxylic acids is 1. The van der Waals surface area contributed by atoms with Gasteiger partial charge >= 0.3 is 0 Å². The number of imidazole rings is 1. The maximum Gasteiger partial charge on any atom is 0.228 e. The Kier molecular flexibility index (Phi) is 4.73. The fourth-order valence-corrected chi connectivity index (χ4v) is 4.28. The Hall–Kier alpha value is -2.63. The highest BCUT2D eigenvalue weighted by atomic mass is 16.2. The van der Waals surface area contributed by atoms with Gasteiger partial charge in [0.15, 0.2) is 0 Å². The van der Waals surface area contributed by atoms with Crippen molar-refractivity contribution in [3.05, 3.63) is 36.9 Å². The van der Waals surface area contributed by atoms with Crippen LogP contribution in [0.3, 0.4) is 0 Å². The molecule has 1 N–H and O–H groups in total. The third kappa shape index (κ3) is 3.32. The summed E-state index contributed by atoms with van der Waals surface area (Å²) in [5, 5.41) is 6.88. The zero-order valence-electron chi connectivity index (χ0n) is 17.1. The van der Waals surface area contributed by atoms with Crippen LogP contribution in [0.25, 0.3) is 22.2 Å². The van der Waals surface area contributed by atoms with E-state index in [1.165, 1.54) is 0 Å². The smallest absolute Gasteiger partial charge is 0.228 e. The largest absolute Gasteiger partial charge is 0.334 e. The fourth-order valence-electron chi connectivity index (χ4n) is 4.28. The van der Waals surface area contributed by atoms with E-state index in [0.717, 1.165) is 48.0 Å². The average molecular weight is 380 g/mol. The molecule has 0 saturated carbocycles. The second-order valence-electron chi connectivity index (χ2n) is 8.84. The average Bonchev–Trinajstić information content (AvgIpc) is 3.40. The van der Waals surface area contributed by atoms with Gasteiger partial charge in [0, 0.05) is 29.8 Å². The molecule has 6 heteroatoms. The molecule has 1 aliphatic rings. The number of aromatic amines is 1. The zero-order chi connectivity index (χ0) is 19.9. The lowest BCUT2D eigenvalue weighted by Gasteiger charge is -2.35. The number of rotatable bonds is 4. The maximum absolute atomic E-state index is 13.1. The first-order valence-electron chi connectivity index (χ1n) is 10.1. The van der Waals surface area contributed by atoms with Crippen LogP contribution in [0.5, 0.6) is 0 Å². The van der Waals surface area contributed by atoms with E-state index in [2.05, 4.69) is 49.8 Å². The molecule has 0 bridgehead atoms. The molecule has 28 heavy (non-hydrogen) atoms. The minimum atomic E-state index is -0.355. The Morgan fingerprint density at radius 3 is 2.68 bits per heavy atom. The molecule has 0 spiro atoms. The minimum absolute atomic E-state index is 0.225. The first-order valence-corrected chi connectivity index (χ1v) is 10.1. The molecule has 1 fully saturated rings. The van der Waals surface area contributed by atoms with Crippen LogP contribution in [0.2, 0.25) is 0 Å². The van der Waals surface area contributed by atoms with E-state index < -0.39 is 0 Å². The van der Waals surface area contributed by atoms with Gasteiger partial charge in [-0.05, 0) is 37.0 Å². The van der Waals surface area contributed by atoms with Crippen molar-refractivity contribution in [3.8, 4) is 11.1 Å². The van der Waals surface area contributed by atoms with Gasteiger partial charge in [0.1, 0.15) is 0 Å². The first-order chi connectivity index (χ1) is 13.4. The third-order valence-electron chi connectivity index (χ3n) is 5.83. The topological polar surface area (TPSA) is 66.8 Å². The number of nitrogens with one attached hydrogen (secondary N) is 1. The number of hydrogen-bond acceptors (Lipinski definition) is 3. The molecule has 0 radical (unpaired) electrons. The summed E-state index contributed by atoms with van der Waals surface area (Å²) in [6.45, 7) is 9.02. The van der Waals surface area contributed by atoms with E-state index in [1.807, 2.05) is 39.5 Å². The number of fused-ring (bicyclic) bond motifs is 1. The van der Waals surface area contributed by atoms with Crippen molar-refractivity contribution in [1.82, 2.24) is 24.6 Å². The number of amides is 1. The van der Waals surface area contributed by atoms with Crippen molar-refractivity contribution in [2.45, 2.75) is 65.6 Å². The molecular weight excluding hydrogens is 350 g/mol. The lowest BCUT2D eigenvalue weighted by Crippen LogP contribution is -2.47. The number of likely N-dealkylation sites (tertiary alicyclic amines) is 1. The second kappa shape index (κ2) is 7.08. The summed E-state index contributed by atoms with van der Waals surface area (Å²) in [7, 11) is 0. The first kappa shape index (κ1) is 18.7. The van der Waals surface area contributed by atoms with Gasteiger partial charge in [-0.15, -0.1) is 0 Å². The molecular formula is C22H29N5O. The van der Waals surface area contributed by atoms with Crippen molar-refractivity contribution in [3.63, 3.8) is 0 Å². The monoisotopic (exact) mass is 379 g/mol. The van der Waals surface area contributed by atoms with Gasteiger partial charge in [0.05, 0.1) is 29.6 Å². The van der Waals surface area contributed by atoms with Crippen molar-refractivity contribution >= 4 is 16.9 Å². The molecule has 148 valence electrons. The van der Waals surface area contributed by atoms with Crippen LogP contribution in [0.4, 0.5) is 0 Å². The predicted molar refractivity (Wildman–Crippen MR) is 111 cm³/mol. The van der Waals surface area contributed by atoms with Gasteiger partial charge in [-0.1, -0.05) is 33.8 Å². The summed E-state index contributed by atoms with van der Waals surface area (Å²) in [4.78, 5) is 19.9. The number of nitrogens with zero attached hydrogens (tertiary/aromatic N) is 4. The van der Waals surface area contributed by atoms with E-state index in [0.29, 0.717) is 6.04 Å². The van der Waals surface area contributed by atoms with Crippen LogP contribution in [-0.4, -0.2) is 42.6 Å². The highest BCUT2D eigenvalue weighted by Gasteiger charge is 2.40. The van der Waals surface area contributed by atoms with Crippen LogP contribution < -0.4 is 0 Å². The highest BCUT2D eigenvalue weighted by Crippen LogP contribution is 2.33. The van der Waals surface area contributed by atoms with Gasteiger partial charge in [0.25, 0.3) is 0 Å². The van der Waals surface area contributed by atoms with E-state index in [9.17, 15) is 4.79 Å². The molecule has 2 aromatic heterocycles. The van der Waals surface area contributed by atoms with Crippen LogP contribution in [0.15, 0.2) is 36.9 Å². The second-order valence-corrected chi connectivity index (χ2v) is 8.84. The lowest BCUT2D eigenvalue weighted by molar-refractivity contribution is -0.142. The number of hydrogen-bond donors (Lipinski definition) is 1. The number of benzene rings is 1. The zero-order valence-corrected chi connectivity index (χ0v) is 17.1. The Balaban J connectivity index is 1.61. The summed E-state index contributed by atoms with van der Waals surface area (Å²) in [6.07, 6.45) is 8.75. The van der Waals surface area contributed by atoms with E-state index >= 15 is 0 Å². The third-order valence-corrected chi connectivity index (χ3v) is 5.83. The molecule has 1 aromatic carbocycles. The molecule has 4 rings (SSSR count). The lowest BCUT2D eigenvalue weighted by atomic mass is 9.93. The molecule has 6 nitrogen and oxygen atoms in total. The maximum atomic E-state index is 13.1. The Bertz CT molecular complexity index is 967. The molecule has 2 unspecified atom stereocenters. The van der Waals surface area contributed by atoms with Crippen LogP contribution >= 0.6 is 0 Å². The molecule has 1 amide bonds. The summed E-state index contributed by atoms with van der Waals surface area (Å²) in [5.41, 5.74) is 3.88. The molecule has 1 aliphatic heterocycles. The van der Waals surface area contributed by atoms with Crippen molar-refractivity contribution in [2.24, 2.45) is 5.41 Å². The number of aromatic nitrogens is 4. The van der Waals surface area contributed by atoms with Gasteiger partial charge in [-0.3, -0.25) is 9.89 Å². The van der Waals surface area contributed by atoms with Crippen molar-refractivity contribution < 1.29 is 4.79 Å². The Morgan fingerprint density at radius 2 is 2.00 bits per heavy atom. The number of carbonyl (C=O) groups is 1. The minimum Gasteiger partial charge on any atom is -0.334 e. The van der Waals surface area contributed by atoms with Crippen LogP contribution in [0, 0.1) is 5.41 Å². The quantitative estimate of drug-likeness (QED) is 0.737. The molecule has 3 aromatic rings. The van der Waals surface area contributed by atoms with Crippen molar-refractivity contribution in [1.29, 1.82) is 0 Å². The Labute approximate surface area is 166 Å². The molecule has 3 heterocycles. The van der Waals surface area contributed by atoms with Gasteiger partial charge in [0.2, 0.25) is 5.91 Å². The summed E-state index contributed by atoms with van der Waals surface area (Å²) in [5.74, 6) is 0.258. The fraction of sp³-hybridized carbons (Fsp3) is 0.500. The summed E-state index contributed by atoms with van der Waals surface area (Å²) >= 11 is 0. The normalized spacial score (nSPS) is 20.2. The standard InChI is InChI=1S/C22H29N5O/c1-5-17-7-8-18(27(17)21(28)22(2,3)4)13-26-14-23-19-10-15(6-9-20(19)26)16-11-24-25-12-16/h6,9-12,14,17-18H,5,7-8,13H2,1-4H3,(H,24,25). The summed E-state index contributed by atoms with van der Waals surface area (Å²) < 4.78 is 2.19. The summed E-state index contributed by atoms with van der Waals surface area (Å²) in [6, 6.07) is 6.89. The molecule has 2 atom stereocenters. The van der Waals surface area contributed by atoms with E-state index in [-0.39, 0.29) is 17.4 Å². The van der Waals surface area contributed by atoms with Gasteiger partial charge < -0.3 is 9.47 Å². The molecule has 0 aliphatic carbocycles. The van der Waals surface area contributed by atoms with E-state index in [4.69, 9.17) is 0 Å².